The Kier molecular flexibility index (Phi) is 8.23. The van der Waals surface area contributed by atoms with Gasteiger partial charge in [-0.25, -0.2) is 9.97 Å². The molecule has 4 amide bonds. The summed E-state index contributed by atoms with van der Waals surface area (Å²) in [5.74, 6) is -0.319. The fraction of sp³-hybridized carbons (Fsp3) is 0.200. The number of carbonyl (C=O) groups is 4. The lowest BCUT2D eigenvalue weighted by atomic mass is 10.0. The summed E-state index contributed by atoms with van der Waals surface area (Å²) in [6, 6.07) is 14.7. The second kappa shape index (κ2) is 11.5. The average molecular weight is 475 g/mol. The average Bonchev–Trinajstić information content (AvgIpc) is 2.78. The summed E-state index contributed by atoms with van der Waals surface area (Å²) in [5, 5.41) is 10.5. The third kappa shape index (κ3) is 7.46. The van der Waals surface area contributed by atoms with Gasteiger partial charge in [0.1, 0.15) is 23.3 Å². The van der Waals surface area contributed by atoms with E-state index in [0.717, 1.165) is 12.0 Å². The highest BCUT2D eigenvalue weighted by molar-refractivity contribution is 6.08. The normalized spacial score (nSPS) is 10.3. The molecule has 0 aliphatic heterocycles. The fourth-order valence-electron chi connectivity index (χ4n) is 3.27. The first kappa shape index (κ1) is 25.0. The number of hydrogen-bond donors (Lipinski definition) is 4. The molecular formula is C25H26N6O4. The number of benzene rings is 1. The lowest BCUT2D eigenvalue weighted by Crippen LogP contribution is -2.18. The van der Waals surface area contributed by atoms with E-state index in [2.05, 4.69) is 31.2 Å². The van der Waals surface area contributed by atoms with Crippen molar-refractivity contribution in [3.05, 3.63) is 71.3 Å². The number of nitrogens with one attached hydrogen (secondary N) is 4. The van der Waals surface area contributed by atoms with Crippen molar-refractivity contribution < 1.29 is 19.2 Å². The van der Waals surface area contributed by atoms with Gasteiger partial charge in [-0.3, -0.25) is 19.2 Å². The van der Waals surface area contributed by atoms with E-state index in [1.165, 1.54) is 19.9 Å². The van der Waals surface area contributed by atoms with Gasteiger partial charge in [0.2, 0.25) is 11.8 Å². The van der Waals surface area contributed by atoms with Crippen LogP contribution in [-0.2, 0) is 16.0 Å². The van der Waals surface area contributed by atoms with Crippen molar-refractivity contribution >= 4 is 46.9 Å². The zero-order chi connectivity index (χ0) is 25.4. The molecule has 1 aromatic carbocycles. The molecule has 2 aromatic heterocycles. The minimum atomic E-state index is -0.449. The van der Waals surface area contributed by atoms with Crippen LogP contribution >= 0.6 is 0 Å². The van der Waals surface area contributed by atoms with Gasteiger partial charge in [-0.05, 0) is 54.4 Å². The van der Waals surface area contributed by atoms with E-state index in [9.17, 15) is 19.2 Å². The quantitative estimate of drug-likeness (QED) is 0.391. The van der Waals surface area contributed by atoms with Gasteiger partial charge in [-0.15, -0.1) is 0 Å². The predicted molar refractivity (Wildman–Crippen MR) is 133 cm³/mol. The number of hydrogen-bond acceptors (Lipinski definition) is 6. The molecule has 0 aliphatic rings. The number of pyridine rings is 2. The number of nitrogens with zero attached hydrogens (tertiary/aromatic N) is 2. The third-order valence-electron chi connectivity index (χ3n) is 4.65. The molecule has 10 heteroatoms. The maximum atomic E-state index is 13.0. The first-order valence-electron chi connectivity index (χ1n) is 11.0. The monoisotopic (exact) mass is 474 g/mol. The van der Waals surface area contributed by atoms with Crippen LogP contribution in [0, 0.1) is 0 Å². The Balaban J connectivity index is 1.82. The number of aromatic nitrogens is 2. The topological polar surface area (TPSA) is 142 Å². The largest absolute Gasteiger partial charge is 0.311 e. The molecule has 0 spiro atoms. The van der Waals surface area contributed by atoms with E-state index < -0.39 is 11.8 Å². The Morgan fingerprint density at radius 3 is 1.43 bits per heavy atom. The summed E-state index contributed by atoms with van der Waals surface area (Å²) in [5.41, 5.74) is 1.39. The molecule has 3 rings (SSSR count). The van der Waals surface area contributed by atoms with Crippen molar-refractivity contribution in [2.24, 2.45) is 0 Å². The van der Waals surface area contributed by atoms with Crippen molar-refractivity contribution in [2.45, 2.75) is 33.6 Å². The van der Waals surface area contributed by atoms with Crippen LogP contribution in [0.1, 0.15) is 53.5 Å². The van der Waals surface area contributed by atoms with Crippen LogP contribution in [0.15, 0.2) is 54.6 Å². The molecule has 0 unspecified atom stereocenters. The zero-order valence-corrected chi connectivity index (χ0v) is 19.6. The van der Waals surface area contributed by atoms with Gasteiger partial charge in [0.15, 0.2) is 0 Å². The second-order valence-electron chi connectivity index (χ2n) is 7.76. The maximum Gasteiger partial charge on any atom is 0.256 e. The summed E-state index contributed by atoms with van der Waals surface area (Å²) in [6.45, 7) is 4.73. The summed E-state index contributed by atoms with van der Waals surface area (Å²) in [6.07, 6.45) is 1.50. The Hall–Kier alpha value is -4.60. The molecule has 0 radical (unpaired) electrons. The second-order valence-corrected chi connectivity index (χ2v) is 7.76. The van der Waals surface area contributed by atoms with Gasteiger partial charge in [0.05, 0.1) is 0 Å². The Labute approximate surface area is 202 Å². The lowest BCUT2D eigenvalue weighted by Gasteiger charge is -2.11. The maximum absolute atomic E-state index is 13.0. The molecule has 35 heavy (non-hydrogen) atoms. The molecule has 10 nitrogen and oxygen atoms in total. The number of aryl methyl sites for hydroxylation is 1. The highest BCUT2D eigenvalue weighted by Gasteiger charge is 2.15. The lowest BCUT2D eigenvalue weighted by molar-refractivity contribution is -0.115. The van der Waals surface area contributed by atoms with Gasteiger partial charge in [-0.2, -0.15) is 0 Å². The molecule has 180 valence electrons. The minimum Gasteiger partial charge on any atom is -0.311 e. The van der Waals surface area contributed by atoms with Crippen LogP contribution in [0.3, 0.4) is 0 Å². The number of rotatable bonds is 8. The third-order valence-corrected chi connectivity index (χ3v) is 4.65. The van der Waals surface area contributed by atoms with E-state index >= 15 is 0 Å². The smallest absolute Gasteiger partial charge is 0.256 e. The van der Waals surface area contributed by atoms with Crippen LogP contribution < -0.4 is 21.3 Å². The first-order valence-corrected chi connectivity index (χ1v) is 11.0. The summed E-state index contributed by atoms with van der Waals surface area (Å²) < 4.78 is 0. The van der Waals surface area contributed by atoms with Crippen LogP contribution in [0.5, 0.6) is 0 Å². The van der Waals surface area contributed by atoms with Gasteiger partial charge in [0.25, 0.3) is 11.8 Å². The van der Waals surface area contributed by atoms with E-state index in [-0.39, 0.29) is 34.6 Å². The number of carbonyl (C=O) groups excluding carboxylic acids is 4. The molecule has 2 heterocycles. The summed E-state index contributed by atoms with van der Waals surface area (Å²) in [4.78, 5) is 56.9. The van der Waals surface area contributed by atoms with Gasteiger partial charge in [0, 0.05) is 25.0 Å². The molecule has 0 saturated heterocycles. The zero-order valence-electron chi connectivity index (χ0n) is 19.6. The van der Waals surface area contributed by atoms with Gasteiger partial charge >= 0.3 is 0 Å². The van der Waals surface area contributed by atoms with Gasteiger partial charge < -0.3 is 21.3 Å². The summed E-state index contributed by atoms with van der Waals surface area (Å²) >= 11 is 0. The molecule has 3 aromatic rings. The van der Waals surface area contributed by atoms with Crippen LogP contribution in [0.25, 0.3) is 0 Å². The molecule has 0 fully saturated rings. The van der Waals surface area contributed by atoms with Gasteiger partial charge in [-0.1, -0.05) is 25.5 Å². The highest BCUT2D eigenvalue weighted by Crippen LogP contribution is 2.17. The number of amides is 4. The van der Waals surface area contributed by atoms with Crippen LogP contribution in [0.4, 0.5) is 23.3 Å². The van der Waals surface area contributed by atoms with E-state index in [4.69, 9.17) is 0 Å². The molecule has 0 atom stereocenters. The van der Waals surface area contributed by atoms with Crippen molar-refractivity contribution in [3.8, 4) is 0 Å². The molecule has 0 aliphatic carbocycles. The van der Waals surface area contributed by atoms with Crippen molar-refractivity contribution in [1.82, 2.24) is 9.97 Å². The standard InChI is InChI=1S/C25H26N6O4/c1-4-7-17-12-18(24(34)30-22-10-5-8-20(28-22)26-15(2)32)14-19(13-17)25(35)31-23-11-6-9-21(29-23)27-16(3)33/h5-6,8-14H,4,7H2,1-3H3,(H2,26,28,30,32,34)(H2,27,29,31,33,35). The van der Waals surface area contributed by atoms with E-state index in [0.29, 0.717) is 18.1 Å². The summed E-state index contributed by atoms with van der Waals surface area (Å²) in [7, 11) is 0. The SMILES string of the molecule is CCCc1cc(C(=O)Nc2cccc(NC(C)=O)n2)cc(C(=O)Nc2cccc(NC(C)=O)n2)c1. The van der Waals surface area contributed by atoms with Crippen molar-refractivity contribution in [3.63, 3.8) is 0 Å². The predicted octanol–water partition coefficient (Wildman–Crippen LogP) is 3.85. The first-order chi connectivity index (χ1) is 16.7. The Morgan fingerprint density at radius 2 is 1.06 bits per heavy atom. The Bertz CT molecular complexity index is 1180. The molecule has 4 N–H and O–H groups in total. The number of anilines is 4. The molecular weight excluding hydrogens is 448 g/mol. The van der Waals surface area contributed by atoms with Crippen LogP contribution in [0.2, 0.25) is 0 Å². The Morgan fingerprint density at radius 1 is 0.657 bits per heavy atom. The molecule has 0 saturated carbocycles. The molecule has 0 bridgehead atoms. The van der Waals surface area contributed by atoms with Crippen molar-refractivity contribution in [1.29, 1.82) is 0 Å². The van der Waals surface area contributed by atoms with Crippen LogP contribution in [-0.4, -0.2) is 33.6 Å². The van der Waals surface area contributed by atoms with E-state index in [1.807, 2.05) is 6.92 Å². The highest BCUT2D eigenvalue weighted by atomic mass is 16.2. The van der Waals surface area contributed by atoms with E-state index in [1.54, 1.807) is 48.5 Å². The minimum absolute atomic E-state index is 0.257. The van der Waals surface area contributed by atoms with Crippen molar-refractivity contribution in [2.75, 3.05) is 21.3 Å². The fourth-order valence-corrected chi connectivity index (χ4v) is 3.27.